The normalized spacial score (nSPS) is 19.7. The quantitative estimate of drug-likeness (QED) is 0.735. The number of nitrogens with one attached hydrogen (secondary N) is 1. The first kappa shape index (κ1) is 11.6. The first-order chi connectivity index (χ1) is 8.65. The molecule has 18 heavy (non-hydrogen) atoms. The molecule has 1 aliphatic heterocycles. The molecule has 1 fully saturated rings. The lowest BCUT2D eigenvalue weighted by Gasteiger charge is -2.45. The maximum absolute atomic E-state index is 9.31. The number of imidazole rings is 1. The van der Waals surface area contributed by atoms with Crippen LogP contribution in [-0.2, 0) is 10.2 Å². The fourth-order valence-electron chi connectivity index (χ4n) is 2.54. The highest BCUT2D eigenvalue weighted by atomic mass is 16.5. The van der Waals surface area contributed by atoms with Crippen molar-refractivity contribution >= 4 is 11.0 Å². The van der Waals surface area contributed by atoms with Crippen molar-refractivity contribution in [1.82, 2.24) is 9.97 Å². The Morgan fingerprint density at radius 2 is 2.33 bits per heavy atom. The Morgan fingerprint density at radius 1 is 1.56 bits per heavy atom. The van der Waals surface area contributed by atoms with Crippen LogP contribution in [0.3, 0.4) is 0 Å². The number of aliphatic hydroxyl groups excluding tert-OH is 1. The molecule has 2 heterocycles. The number of ether oxygens (including phenoxy) is 1. The van der Waals surface area contributed by atoms with Gasteiger partial charge in [0.1, 0.15) is 5.82 Å². The molecule has 96 valence electrons. The number of hydrogen-bond acceptors (Lipinski definition) is 4. The molecular weight excluding hydrogens is 230 g/mol. The molecule has 0 radical (unpaired) electrons. The number of nitrogens with two attached hydrogens (primary N) is 1. The predicted octanol–water partition coefficient (Wildman–Crippen LogP) is 0.459. The van der Waals surface area contributed by atoms with E-state index < -0.39 is 0 Å². The number of hydrogen-bond donors (Lipinski definition) is 3. The van der Waals surface area contributed by atoms with Crippen molar-refractivity contribution in [3.63, 3.8) is 0 Å². The van der Waals surface area contributed by atoms with Crippen LogP contribution in [0.1, 0.15) is 11.4 Å². The minimum Gasteiger partial charge on any atom is -0.395 e. The molecule has 0 spiro atoms. The van der Waals surface area contributed by atoms with E-state index in [0.29, 0.717) is 13.2 Å². The summed E-state index contributed by atoms with van der Waals surface area (Å²) in [6.45, 7) is 3.02. The fraction of sp³-hybridized carbons (Fsp3) is 0.462. The van der Waals surface area contributed by atoms with Gasteiger partial charge in [0.25, 0.3) is 0 Å². The van der Waals surface area contributed by atoms with Crippen LogP contribution in [0.5, 0.6) is 0 Å². The molecule has 1 atom stereocenters. The third-order valence-electron chi connectivity index (χ3n) is 3.80. The van der Waals surface area contributed by atoms with E-state index in [1.54, 1.807) is 0 Å². The zero-order valence-corrected chi connectivity index (χ0v) is 10.3. The number of H-pyrrole nitrogens is 1. The third kappa shape index (κ3) is 1.55. The molecule has 4 N–H and O–H groups in total. The summed E-state index contributed by atoms with van der Waals surface area (Å²) in [4.78, 5) is 7.60. The lowest BCUT2D eigenvalue weighted by molar-refractivity contribution is -0.0797. The van der Waals surface area contributed by atoms with Crippen LogP contribution in [0.25, 0.3) is 11.0 Å². The van der Waals surface area contributed by atoms with Gasteiger partial charge in [0.15, 0.2) is 0 Å². The molecule has 5 heteroatoms. The second-order valence-electron chi connectivity index (χ2n) is 4.99. The Kier molecular flexibility index (Phi) is 2.62. The average molecular weight is 247 g/mol. The molecule has 1 aromatic carbocycles. The van der Waals surface area contributed by atoms with Crippen LogP contribution in [0, 0.1) is 6.92 Å². The number of aliphatic hydroxyl groups is 1. The van der Waals surface area contributed by atoms with Gasteiger partial charge in [-0.15, -0.1) is 0 Å². The van der Waals surface area contributed by atoms with Gasteiger partial charge in [-0.3, -0.25) is 0 Å². The molecule has 0 aliphatic carbocycles. The summed E-state index contributed by atoms with van der Waals surface area (Å²) in [5.41, 5.74) is 8.83. The Bertz CT molecular complexity index is 575. The van der Waals surface area contributed by atoms with Crippen LogP contribution >= 0.6 is 0 Å². The van der Waals surface area contributed by atoms with Gasteiger partial charge in [-0.2, -0.15) is 0 Å². The summed E-state index contributed by atoms with van der Waals surface area (Å²) in [5.74, 6) is 0.896. The molecule has 2 aromatic rings. The second-order valence-corrected chi connectivity index (χ2v) is 4.99. The molecule has 3 rings (SSSR count). The Labute approximate surface area is 105 Å². The molecule has 0 bridgehead atoms. The van der Waals surface area contributed by atoms with Gasteiger partial charge in [0.05, 0.1) is 36.3 Å². The van der Waals surface area contributed by atoms with E-state index in [0.717, 1.165) is 22.4 Å². The first-order valence-corrected chi connectivity index (χ1v) is 6.07. The summed E-state index contributed by atoms with van der Waals surface area (Å²) in [6.07, 6.45) is 0. The van der Waals surface area contributed by atoms with Crippen molar-refractivity contribution in [3.05, 3.63) is 29.6 Å². The van der Waals surface area contributed by atoms with Gasteiger partial charge in [-0.25, -0.2) is 4.98 Å². The molecule has 0 saturated carbocycles. The zero-order valence-electron chi connectivity index (χ0n) is 10.3. The van der Waals surface area contributed by atoms with Gasteiger partial charge in [0.2, 0.25) is 0 Å². The topological polar surface area (TPSA) is 84.2 Å². The Hall–Kier alpha value is -1.43. The highest BCUT2D eigenvalue weighted by molar-refractivity contribution is 5.76. The van der Waals surface area contributed by atoms with Gasteiger partial charge < -0.3 is 20.6 Å². The molecule has 1 unspecified atom stereocenters. The van der Waals surface area contributed by atoms with Crippen molar-refractivity contribution in [2.45, 2.75) is 18.4 Å². The minimum atomic E-state index is -0.298. The van der Waals surface area contributed by atoms with Crippen LogP contribution in [0.4, 0.5) is 0 Å². The van der Waals surface area contributed by atoms with Gasteiger partial charge in [-0.05, 0) is 24.6 Å². The van der Waals surface area contributed by atoms with E-state index in [1.807, 2.05) is 19.1 Å². The number of benzene rings is 1. The maximum atomic E-state index is 9.31. The van der Waals surface area contributed by atoms with E-state index >= 15 is 0 Å². The fourth-order valence-corrected chi connectivity index (χ4v) is 2.54. The van der Waals surface area contributed by atoms with Gasteiger partial charge in [-0.1, -0.05) is 6.07 Å². The zero-order chi connectivity index (χ0) is 12.8. The molecule has 1 aromatic heterocycles. The second kappa shape index (κ2) is 4.05. The van der Waals surface area contributed by atoms with E-state index in [2.05, 4.69) is 16.0 Å². The van der Waals surface area contributed by atoms with Crippen LogP contribution in [0.2, 0.25) is 0 Å². The summed E-state index contributed by atoms with van der Waals surface area (Å²) < 4.78 is 5.32. The maximum Gasteiger partial charge on any atom is 0.104 e. The molecule has 5 nitrogen and oxygen atoms in total. The van der Waals surface area contributed by atoms with Crippen molar-refractivity contribution < 1.29 is 9.84 Å². The van der Waals surface area contributed by atoms with Gasteiger partial charge in [0, 0.05) is 6.04 Å². The summed E-state index contributed by atoms with van der Waals surface area (Å²) in [6, 6.07) is 5.78. The number of nitrogens with zero attached hydrogens (tertiary/aromatic N) is 1. The summed E-state index contributed by atoms with van der Waals surface area (Å²) in [5, 5.41) is 9.31. The van der Waals surface area contributed by atoms with E-state index in [-0.39, 0.29) is 18.1 Å². The van der Waals surface area contributed by atoms with E-state index in [4.69, 9.17) is 10.5 Å². The Morgan fingerprint density at radius 3 is 2.94 bits per heavy atom. The molecule has 1 saturated heterocycles. The minimum absolute atomic E-state index is 0.0383. The number of fused-ring (bicyclic) bond motifs is 1. The van der Waals surface area contributed by atoms with Crippen LogP contribution in [-0.4, -0.2) is 40.9 Å². The monoisotopic (exact) mass is 247 g/mol. The largest absolute Gasteiger partial charge is 0.395 e. The van der Waals surface area contributed by atoms with Crippen LogP contribution < -0.4 is 5.73 Å². The highest BCUT2D eigenvalue weighted by Gasteiger charge is 2.45. The highest BCUT2D eigenvalue weighted by Crippen LogP contribution is 2.36. The Balaban J connectivity index is 2.07. The lowest BCUT2D eigenvalue weighted by atomic mass is 9.73. The van der Waals surface area contributed by atoms with Gasteiger partial charge >= 0.3 is 0 Å². The standard InChI is InChI=1S/C13H17N3O2/c1-8-15-10-3-2-9(4-11(10)16-8)13(6-18-7-13)12(14)5-17/h2-4,12,17H,5-7,14H2,1H3,(H,15,16). The lowest BCUT2D eigenvalue weighted by Crippen LogP contribution is -2.60. The predicted molar refractivity (Wildman–Crippen MR) is 68.4 cm³/mol. The molecular formula is C13H17N3O2. The molecule has 0 amide bonds. The van der Waals surface area contributed by atoms with Crippen molar-refractivity contribution in [1.29, 1.82) is 0 Å². The number of aromatic nitrogens is 2. The summed E-state index contributed by atoms with van der Waals surface area (Å²) >= 11 is 0. The number of aryl methyl sites for hydroxylation is 1. The smallest absolute Gasteiger partial charge is 0.104 e. The van der Waals surface area contributed by atoms with E-state index in [9.17, 15) is 5.11 Å². The first-order valence-electron chi connectivity index (χ1n) is 6.07. The average Bonchev–Trinajstić information content (AvgIpc) is 2.66. The van der Waals surface area contributed by atoms with Crippen molar-refractivity contribution in [3.8, 4) is 0 Å². The van der Waals surface area contributed by atoms with Crippen molar-refractivity contribution in [2.75, 3.05) is 19.8 Å². The van der Waals surface area contributed by atoms with Crippen molar-refractivity contribution in [2.24, 2.45) is 5.73 Å². The molecule has 1 aliphatic rings. The SMILES string of the molecule is Cc1nc2ccc(C3(C(N)CO)COC3)cc2[nH]1. The summed E-state index contributed by atoms with van der Waals surface area (Å²) in [7, 11) is 0. The van der Waals surface area contributed by atoms with Crippen LogP contribution in [0.15, 0.2) is 18.2 Å². The third-order valence-corrected chi connectivity index (χ3v) is 3.80. The number of rotatable bonds is 3. The van der Waals surface area contributed by atoms with E-state index in [1.165, 1.54) is 0 Å². The number of aromatic amines is 1.